The number of benzene rings is 1. The SMILES string of the molecule is CCOC(=O)c1cc(-c2cc(OC)c(OC)c(OC)c2)n2ccccc12. The first-order valence-corrected chi connectivity index (χ1v) is 8.22. The van der Waals surface area contributed by atoms with Crippen LogP contribution in [0.1, 0.15) is 17.3 Å². The standard InChI is InChI=1S/C20H21NO5/c1-5-26-20(22)14-12-16(21-9-7-6-8-15(14)21)13-10-17(23-2)19(25-4)18(11-13)24-3/h6-12H,5H2,1-4H3. The van der Waals surface area contributed by atoms with Gasteiger partial charge < -0.3 is 23.3 Å². The van der Waals surface area contributed by atoms with E-state index in [0.29, 0.717) is 29.4 Å². The van der Waals surface area contributed by atoms with Gasteiger partial charge in [-0.15, -0.1) is 0 Å². The Morgan fingerprint density at radius 2 is 1.69 bits per heavy atom. The van der Waals surface area contributed by atoms with Crippen LogP contribution in [0.4, 0.5) is 0 Å². The van der Waals surface area contributed by atoms with Crippen LogP contribution in [0.3, 0.4) is 0 Å². The monoisotopic (exact) mass is 355 g/mol. The highest BCUT2D eigenvalue weighted by Crippen LogP contribution is 2.41. The maximum absolute atomic E-state index is 12.3. The molecule has 0 unspecified atom stereocenters. The molecule has 3 aromatic rings. The van der Waals surface area contributed by atoms with Crippen LogP contribution in [-0.4, -0.2) is 38.3 Å². The van der Waals surface area contributed by atoms with Crippen LogP contribution in [0.2, 0.25) is 0 Å². The van der Waals surface area contributed by atoms with Gasteiger partial charge in [0.2, 0.25) is 5.75 Å². The van der Waals surface area contributed by atoms with E-state index in [1.807, 2.05) is 47.0 Å². The number of methoxy groups -OCH3 is 3. The zero-order valence-corrected chi connectivity index (χ0v) is 15.2. The van der Waals surface area contributed by atoms with Crippen LogP contribution < -0.4 is 14.2 Å². The van der Waals surface area contributed by atoms with Crippen molar-refractivity contribution < 1.29 is 23.7 Å². The van der Waals surface area contributed by atoms with E-state index in [1.54, 1.807) is 28.3 Å². The van der Waals surface area contributed by atoms with E-state index in [-0.39, 0.29) is 5.97 Å². The minimum Gasteiger partial charge on any atom is -0.493 e. The van der Waals surface area contributed by atoms with Gasteiger partial charge in [-0.2, -0.15) is 0 Å². The fourth-order valence-electron chi connectivity index (χ4n) is 2.98. The van der Waals surface area contributed by atoms with Gasteiger partial charge in [-0.05, 0) is 37.3 Å². The number of nitrogens with zero attached hydrogens (tertiary/aromatic N) is 1. The molecule has 6 nitrogen and oxygen atoms in total. The summed E-state index contributed by atoms with van der Waals surface area (Å²) in [5, 5.41) is 0. The van der Waals surface area contributed by atoms with Crippen molar-refractivity contribution in [3.63, 3.8) is 0 Å². The number of carbonyl (C=O) groups excluding carboxylic acids is 1. The molecule has 0 N–H and O–H groups in total. The van der Waals surface area contributed by atoms with Crippen LogP contribution in [0, 0.1) is 0 Å². The molecule has 2 aromatic heterocycles. The molecule has 0 saturated carbocycles. The number of carbonyl (C=O) groups is 1. The lowest BCUT2D eigenvalue weighted by molar-refractivity contribution is 0.0529. The highest BCUT2D eigenvalue weighted by Gasteiger charge is 2.20. The molecule has 26 heavy (non-hydrogen) atoms. The maximum atomic E-state index is 12.3. The Balaban J connectivity index is 2.24. The number of esters is 1. The number of pyridine rings is 1. The molecular weight excluding hydrogens is 334 g/mol. The molecule has 0 saturated heterocycles. The van der Waals surface area contributed by atoms with Crippen molar-refractivity contribution in [3.05, 3.63) is 48.2 Å². The van der Waals surface area contributed by atoms with Gasteiger partial charge in [0.1, 0.15) is 0 Å². The predicted octanol–water partition coefficient (Wildman–Crippen LogP) is 3.81. The summed E-state index contributed by atoms with van der Waals surface area (Å²) in [6, 6.07) is 11.2. The van der Waals surface area contributed by atoms with Crippen molar-refractivity contribution in [2.75, 3.05) is 27.9 Å². The molecule has 0 atom stereocenters. The van der Waals surface area contributed by atoms with Crippen LogP contribution in [0.15, 0.2) is 42.6 Å². The van der Waals surface area contributed by atoms with Crippen LogP contribution in [0.25, 0.3) is 16.8 Å². The summed E-state index contributed by atoms with van der Waals surface area (Å²) in [4.78, 5) is 12.3. The second kappa shape index (κ2) is 7.39. The number of aromatic nitrogens is 1. The highest BCUT2D eigenvalue weighted by molar-refractivity contribution is 5.99. The summed E-state index contributed by atoms with van der Waals surface area (Å²) in [5.41, 5.74) is 2.94. The van der Waals surface area contributed by atoms with Crippen molar-refractivity contribution in [1.29, 1.82) is 0 Å². The summed E-state index contributed by atoms with van der Waals surface area (Å²) in [6.45, 7) is 2.11. The van der Waals surface area contributed by atoms with E-state index < -0.39 is 0 Å². The van der Waals surface area contributed by atoms with Gasteiger partial charge in [-0.25, -0.2) is 4.79 Å². The third-order valence-corrected chi connectivity index (χ3v) is 4.13. The lowest BCUT2D eigenvalue weighted by atomic mass is 10.1. The average molecular weight is 355 g/mol. The Hall–Kier alpha value is -3.15. The van der Waals surface area contributed by atoms with Crippen molar-refractivity contribution in [1.82, 2.24) is 4.40 Å². The van der Waals surface area contributed by atoms with Crippen LogP contribution in [0.5, 0.6) is 17.2 Å². The number of hydrogen-bond acceptors (Lipinski definition) is 5. The van der Waals surface area contributed by atoms with Crippen molar-refractivity contribution in [2.45, 2.75) is 6.92 Å². The molecule has 136 valence electrons. The zero-order valence-electron chi connectivity index (χ0n) is 15.2. The van der Waals surface area contributed by atoms with E-state index in [1.165, 1.54) is 0 Å². The number of fused-ring (bicyclic) bond motifs is 1. The largest absolute Gasteiger partial charge is 0.493 e. The van der Waals surface area contributed by atoms with E-state index in [9.17, 15) is 4.79 Å². The average Bonchev–Trinajstić information content (AvgIpc) is 3.06. The molecular formula is C20H21NO5. The second-order valence-electron chi connectivity index (χ2n) is 5.53. The Labute approximate surface area is 151 Å². The lowest BCUT2D eigenvalue weighted by Crippen LogP contribution is -2.03. The van der Waals surface area contributed by atoms with Gasteiger partial charge in [0.05, 0.1) is 44.7 Å². The smallest absolute Gasteiger partial charge is 0.340 e. The molecule has 0 aliphatic rings. The minimum atomic E-state index is -0.352. The molecule has 0 amide bonds. The number of hydrogen-bond donors (Lipinski definition) is 0. The molecule has 0 fully saturated rings. The molecule has 3 rings (SSSR count). The quantitative estimate of drug-likeness (QED) is 0.629. The molecule has 0 spiro atoms. The highest BCUT2D eigenvalue weighted by atomic mass is 16.5. The first kappa shape index (κ1) is 17.7. The Bertz CT molecular complexity index is 920. The first-order chi connectivity index (χ1) is 12.6. The molecule has 0 aliphatic carbocycles. The summed E-state index contributed by atoms with van der Waals surface area (Å²) in [5.74, 6) is 1.26. The van der Waals surface area contributed by atoms with Gasteiger partial charge in [-0.3, -0.25) is 0 Å². The first-order valence-electron chi connectivity index (χ1n) is 8.22. The lowest BCUT2D eigenvalue weighted by Gasteiger charge is -2.14. The Morgan fingerprint density at radius 3 is 2.27 bits per heavy atom. The van der Waals surface area contributed by atoms with Crippen molar-refractivity contribution in [3.8, 4) is 28.5 Å². The molecule has 0 bridgehead atoms. The Morgan fingerprint density at radius 1 is 1.00 bits per heavy atom. The fraction of sp³-hybridized carbons (Fsp3) is 0.250. The Kier molecular flexibility index (Phi) is 5.02. The van der Waals surface area contributed by atoms with E-state index in [2.05, 4.69) is 0 Å². The van der Waals surface area contributed by atoms with Crippen molar-refractivity contribution in [2.24, 2.45) is 0 Å². The van der Waals surface area contributed by atoms with Gasteiger partial charge in [0, 0.05) is 11.8 Å². The summed E-state index contributed by atoms with van der Waals surface area (Å²) in [7, 11) is 4.70. The third-order valence-electron chi connectivity index (χ3n) is 4.13. The van der Waals surface area contributed by atoms with Gasteiger partial charge in [-0.1, -0.05) is 6.07 Å². The molecule has 2 heterocycles. The van der Waals surface area contributed by atoms with E-state index in [4.69, 9.17) is 18.9 Å². The normalized spacial score (nSPS) is 10.6. The summed E-state index contributed by atoms with van der Waals surface area (Å²) >= 11 is 0. The maximum Gasteiger partial charge on any atom is 0.340 e. The number of ether oxygens (including phenoxy) is 4. The van der Waals surface area contributed by atoms with Gasteiger partial charge in [0.25, 0.3) is 0 Å². The molecule has 0 aliphatic heterocycles. The van der Waals surface area contributed by atoms with Crippen molar-refractivity contribution >= 4 is 11.5 Å². The van der Waals surface area contributed by atoms with Crippen LogP contribution >= 0.6 is 0 Å². The predicted molar refractivity (Wildman–Crippen MR) is 98.4 cm³/mol. The van der Waals surface area contributed by atoms with Gasteiger partial charge in [0.15, 0.2) is 11.5 Å². The molecule has 1 aromatic carbocycles. The van der Waals surface area contributed by atoms with E-state index >= 15 is 0 Å². The zero-order chi connectivity index (χ0) is 18.7. The minimum absolute atomic E-state index is 0.322. The number of rotatable bonds is 6. The molecule has 6 heteroatoms. The topological polar surface area (TPSA) is 58.4 Å². The fourth-order valence-corrected chi connectivity index (χ4v) is 2.98. The third kappa shape index (κ3) is 2.94. The summed E-state index contributed by atoms with van der Waals surface area (Å²) < 4.78 is 23.4. The van der Waals surface area contributed by atoms with Crippen LogP contribution in [-0.2, 0) is 4.74 Å². The van der Waals surface area contributed by atoms with E-state index in [0.717, 1.165) is 16.8 Å². The second-order valence-corrected chi connectivity index (χ2v) is 5.53. The molecule has 0 radical (unpaired) electrons. The van der Waals surface area contributed by atoms with Gasteiger partial charge >= 0.3 is 5.97 Å². The summed E-state index contributed by atoms with van der Waals surface area (Å²) in [6.07, 6.45) is 1.90.